The van der Waals surface area contributed by atoms with Crippen LogP contribution in [0.2, 0.25) is 0 Å². The Morgan fingerprint density at radius 3 is 2.58 bits per heavy atom. The first-order valence-corrected chi connectivity index (χ1v) is 10.1. The number of hydrogen-bond acceptors (Lipinski definition) is 5. The monoisotopic (exact) mass is 347 g/mol. The molecule has 24 heavy (non-hydrogen) atoms. The van der Waals surface area contributed by atoms with Crippen LogP contribution in [0.25, 0.3) is 0 Å². The Morgan fingerprint density at radius 1 is 1.17 bits per heavy atom. The van der Waals surface area contributed by atoms with Gasteiger partial charge in [-0.3, -0.25) is 4.90 Å². The number of thioether (sulfide) groups is 1. The highest BCUT2D eigenvalue weighted by Gasteiger charge is 2.27. The van der Waals surface area contributed by atoms with Gasteiger partial charge >= 0.3 is 0 Å². The molecule has 5 heteroatoms. The fourth-order valence-corrected chi connectivity index (χ4v) is 4.76. The SMILES string of the molecule is CC1=NOC(C)C1CSCCN1CCN(c2ccccc2C)CC1. The summed E-state index contributed by atoms with van der Waals surface area (Å²) in [5.74, 6) is 2.81. The molecule has 1 aromatic carbocycles. The number of nitrogens with zero attached hydrogens (tertiary/aromatic N) is 3. The van der Waals surface area contributed by atoms with Gasteiger partial charge in [-0.1, -0.05) is 23.4 Å². The van der Waals surface area contributed by atoms with Crippen molar-refractivity contribution < 1.29 is 4.84 Å². The molecule has 0 spiro atoms. The van der Waals surface area contributed by atoms with E-state index < -0.39 is 0 Å². The van der Waals surface area contributed by atoms with Gasteiger partial charge in [-0.2, -0.15) is 11.8 Å². The van der Waals surface area contributed by atoms with Crippen LogP contribution in [-0.2, 0) is 4.84 Å². The van der Waals surface area contributed by atoms with Crippen molar-refractivity contribution in [2.75, 3.05) is 49.1 Å². The predicted molar refractivity (Wildman–Crippen MR) is 104 cm³/mol. The molecule has 0 bridgehead atoms. The van der Waals surface area contributed by atoms with Crippen molar-refractivity contribution in [2.24, 2.45) is 11.1 Å². The minimum atomic E-state index is 0.246. The van der Waals surface area contributed by atoms with Gasteiger partial charge in [0, 0.05) is 55.8 Å². The molecule has 4 nitrogen and oxygen atoms in total. The number of anilines is 1. The average Bonchev–Trinajstić information content (AvgIpc) is 2.91. The number of para-hydroxylation sites is 1. The largest absolute Gasteiger partial charge is 0.392 e. The normalized spacial score (nSPS) is 24.8. The summed E-state index contributed by atoms with van der Waals surface area (Å²) in [6.45, 7) is 12.2. The summed E-state index contributed by atoms with van der Waals surface area (Å²) in [4.78, 5) is 10.5. The van der Waals surface area contributed by atoms with Gasteiger partial charge in [0.25, 0.3) is 0 Å². The van der Waals surface area contributed by atoms with Crippen molar-refractivity contribution in [3.05, 3.63) is 29.8 Å². The van der Waals surface area contributed by atoms with Crippen molar-refractivity contribution in [1.82, 2.24) is 4.90 Å². The molecular formula is C19H29N3OS. The van der Waals surface area contributed by atoms with E-state index in [-0.39, 0.29) is 6.10 Å². The van der Waals surface area contributed by atoms with Gasteiger partial charge in [-0.05, 0) is 32.4 Å². The summed E-state index contributed by atoms with van der Waals surface area (Å²) < 4.78 is 0. The molecule has 2 heterocycles. The molecule has 0 aromatic heterocycles. The van der Waals surface area contributed by atoms with Gasteiger partial charge in [0.05, 0.1) is 5.71 Å². The van der Waals surface area contributed by atoms with E-state index in [2.05, 4.69) is 60.0 Å². The summed E-state index contributed by atoms with van der Waals surface area (Å²) in [5, 5.41) is 4.10. The molecule has 1 aromatic rings. The zero-order chi connectivity index (χ0) is 16.9. The molecule has 3 rings (SSSR count). The molecule has 0 aliphatic carbocycles. The van der Waals surface area contributed by atoms with Crippen LogP contribution in [0.3, 0.4) is 0 Å². The summed E-state index contributed by atoms with van der Waals surface area (Å²) in [7, 11) is 0. The third-order valence-corrected chi connectivity index (χ3v) is 6.21. The average molecular weight is 348 g/mol. The Kier molecular flexibility index (Phi) is 6.06. The molecule has 132 valence electrons. The third-order valence-electron chi connectivity index (χ3n) is 5.14. The van der Waals surface area contributed by atoms with Crippen molar-refractivity contribution in [1.29, 1.82) is 0 Å². The maximum atomic E-state index is 5.35. The lowest BCUT2D eigenvalue weighted by molar-refractivity contribution is 0.0809. The summed E-state index contributed by atoms with van der Waals surface area (Å²) in [5.41, 5.74) is 3.93. The van der Waals surface area contributed by atoms with Gasteiger partial charge in [0.2, 0.25) is 0 Å². The number of rotatable bonds is 6. The number of oxime groups is 1. The van der Waals surface area contributed by atoms with E-state index >= 15 is 0 Å². The molecule has 2 aliphatic rings. The first-order valence-electron chi connectivity index (χ1n) is 8.96. The van der Waals surface area contributed by atoms with Crippen LogP contribution in [0.5, 0.6) is 0 Å². The third kappa shape index (κ3) is 4.25. The molecule has 0 amide bonds. The van der Waals surface area contributed by atoms with Gasteiger partial charge in [-0.15, -0.1) is 0 Å². The Hall–Kier alpha value is -1.20. The van der Waals surface area contributed by atoms with Crippen LogP contribution in [-0.4, -0.2) is 60.9 Å². The maximum Gasteiger partial charge on any atom is 0.133 e. The lowest BCUT2D eigenvalue weighted by Crippen LogP contribution is -2.47. The first-order chi connectivity index (χ1) is 11.6. The van der Waals surface area contributed by atoms with E-state index in [1.165, 1.54) is 36.6 Å². The molecule has 1 saturated heterocycles. The second-order valence-electron chi connectivity index (χ2n) is 6.84. The van der Waals surface area contributed by atoms with Crippen molar-refractivity contribution in [3.8, 4) is 0 Å². The lowest BCUT2D eigenvalue weighted by atomic mass is 10.0. The Bertz CT molecular complexity index is 569. The number of hydrogen-bond donors (Lipinski definition) is 0. The standard InChI is InChI=1S/C19H29N3OS/c1-15-6-4-5-7-19(15)22-10-8-21(9-11-22)12-13-24-14-18-16(2)20-23-17(18)3/h4-7,17-18H,8-14H2,1-3H3. The molecule has 0 saturated carbocycles. The molecule has 1 fully saturated rings. The topological polar surface area (TPSA) is 28.1 Å². The van der Waals surface area contributed by atoms with E-state index in [1.54, 1.807) is 0 Å². The van der Waals surface area contributed by atoms with Gasteiger partial charge in [0.1, 0.15) is 6.10 Å². The number of piperazine rings is 1. The van der Waals surface area contributed by atoms with Crippen LogP contribution < -0.4 is 4.90 Å². The molecule has 2 aliphatic heterocycles. The molecule has 0 radical (unpaired) electrons. The van der Waals surface area contributed by atoms with E-state index in [0.717, 1.165) is 24.6 Å². The van der Waals surface area contributed by atoms with Crippen molar-refractivity contribution in [2.45, 2.75) is 26.9 Å². The van der Waals surface area contributed by atoms with E-state index in [0.29, 0.717) is 5.92 Å². The minimum Gasteiger partial charge on any atom is -0.392 e. The highest BCUT2D eigenvalue weighted by Crippen LogP contribution is 2.23. The van der Waals surface area contributed by atoms with E-state index in [4.69, 9.17) is 4.84 Å². The minimum absolute atomic E-state index is 0.246. The predicted octanol–water partition coefficient (Wildman–Crippen LogP) is 3.26. The van der Waals surface area contributed by atoms with Crippen LogP contribution in [0.4, 0.5) is 5.69 Å². The van der Waals surface area contributed by atoms with Crippen molar-refractivity contribution in [3.63, 3.8) is 0 Å². The Balaban J connectivity index is 1.36. The van der Waals surface area contributed by atoms with Crippen LogP contribution in [0.15, 0.2) is 29.4 Å². The quantitative estimate of drug-likeness (QED) is 0.739. The van der Waals surface area contributed by atoms with Crippen molar-refractivity contribution >= 4 is 23.2 Å². The van der Waals surface area contributed by atoms with Gasteiger partial charge < -0.3 is 9.74 Å². The van der Waals surface area contributed by atoms with E-state index in [1.807, 2.05) is 11.8 Å². The van der Waals surface area contributed by atoms with E-state index in [9.17, 15) is 0 Å². The highest BCUT2D eigenvalue weighted by atomic mass is 32.2. The van der Waals surface area contributed by atoms with Crippen LogP contribution in [0, 0.1) is 12.8 Å². The zero-order valence-corrected chi connectivity index (χ0v) is 15.9. The van der Waals surface area contributed by atoms with Crippen LogP contribution in [0.1, 0.15) is 19.4 Å². The second kappa shape index (κ2) is 8.26. The smallest absolute Gasteiger partial charge is 0.133 e. The molecule has 2 unspecified atom stereocenters. The van der Waals surface area contributed by atoms with Gasteiger partial charge in [-0.25, -0.2) is 0 Å². The first kappa shape index (κ1) is 17.6. The van der Waals surface area contributed by atoms with Gasteiger partial charge in [0.15, 0.2) is 0 Å². The molecular weight excluding hydrogens is 318 g/mol. The zero-order valence-electron chi connectivity index (χ0n) is 15.1. The molecule has 2 atom stereocenters. The Labute approximate surface area is 150 Å². The summed E-state index contributed by atoms with van der Waals surface area (Å²) in [6.07, 6.45) is 0.246. The second-order valence-corrected chi connectivity index (χ2v) is 7.99. The maximum absolute atomic E-state index is 5.35. The highest BCUT2D eigenvalue weighted by molar-refractivity contribution is 7.99. The van der Waals surface area contributed by atoms with Crippen LogP contribution >= 0.6 is 11.8 Å². The fraction of sp³-hybridized carbons (Fsp3) is 0.632. The Morgan fingerprint density at radius 2 is 1.92 bits per heavy atom. The summed E-state index contributed by atoms with van der Waals surface area (Å²) >= 11 is 2.04. The number of benzene rings is 1. The summed E-state index contributed by atoms with van der Waals surface area (Å²) in [6, 6.07) is 8.71. The number of aryl methyl sites for hydroxylation is 1. The fourth-order valence-electron chi connectivity index (χ4n) is 3.44. The lowest BCUT2D eigenvalue weighted by Gasteiger charge is -2.36. The molecule has 0 N–H and O–H groups in total.